The number of carboxylic acid groups (broad SMARTS) is 1. The van der Waals surface area contributed by atoms with E-state index in [0.717, 1.165) is 30.6 Å². The number of aromatic nitrogens is 1. The van der Waals surface area contributed by atoms with E-state index in [2.05, 4.69) is 22.0 Å². The molecule has 0 bridgehead atoms. The van der Waals surface area contributed by atoms with Gasteiger partial charge in [0.15, 0.2) is 0 Å². The number of pyridine rings is 1. The van der Waals surface area contributed by atoms with Gasteiger partial charge in [-0.25, -0.2) is 18.6 Å². The van der Waals surface area contributed by atoms with Crippen LogP contribution < -0.4 is 5.73 Å². The molecule has 1 aromatic carbocycles. The van der Waals surface area contributed by atoms with Gasteiger partial charge in [-0.3, -0.25) is 4.90 Å². The first-order chi connectivity index (χ1) is 14.7. The van der Waals surface area contributed by atoms with Crippen LogP contribution in [0, 0.1) is 12.8 Å². The van der Waals surface area contributed by atoms with Crippen molar-refractivity contribution in [3.8, 4) is 11.1 Å². The second kappa shape index (κ2) is 6.99. The summed E-state index contributed by atoms with van der Waals surface area (Å²) in [6.07, 6.45) is 2.34. The van der Waals surface area contributed by atoms with Crippen molar-refractivity contribution < 1.29 is 18.7 Å². The minimum absolute atomic E-state index is 0.00778. The zero-order valence-electron chi connectivity index (χ0n) is 17.6. The van der Waals surface area contributed by atoms with Crippen LogP contribution >= 0.6 is 0 Å². The maximum absolute atomic E-state index is 13.5. The fourth-order valence-electron chi connectivity index (χ4n) is 5.71. The van der Waals surface area contributed by atoms with E-state index in [1.807, 2.05) is 19.1 Å². The molecule has 7 heteroatoms. The predicted molar refractivity (Wildman–Crippen MR) is 114 cm³/mol. The van der Waals surface area contributed by atoms with Crippen LogP contribution in [0.3, 0.4) is 0 Å². The van der Waals surface area contributed by atoms with Crippen LogP contribution in [0.1, 0.15) is 53.7 Å². The first-order valence-electron chi connectivity index (χ1n) is 10.9. The lowest BCUT2D eigenvalue weighted by Gasteiger charge is -2.36. The van der Waals surface area contributed by atoms with E-state index in [1.165, 1.54) is 5.56 Å². The number of fused-ring (bicyclic) bond motifs is 1. The number of benzene rings is 1. The average molecular weight is 427 g/mol. The molecular formula is C24H27F2N3O2. The van der Waals surface area contributed by atoms with Crippen molar-refractivity contribution in [1.29, 1.82) is 0 Å². The summed E-state index contributed by atoms with van der Waals surface area (Å²) >= 11 is 0. The SMILES string of the molecule is Cc1nc(N)c(C(=O)O)cc1-c1ccc([C@@]23C[C@@H]2CN(C2CCC(F)(F)CC2)C3)cc1. The highest BCUT2D eigenvalue weighted by Gasteiger charge is 2.61. The third kappa shape index (κ3) is 3.49. The molecule has 5 rings (SSSR count). The number of carboxylic acids is 1. The molecule has 3 N–H and O–H groups in total. The maximum atomic E-state index is 13.5. The van der Waals surface area contributed by atoms with E-state index in [0.29, 0.717) is 24.5 Å². The molecule has 0 amide bonds. The summed E-state index contributed by atoms with van der Waals surface area (Å²) in [6, 6.07) is 10.2. The lowest BCUT2D eigenvalue weighted by atomic mass is 9.90. The zero-order chi connectivity index (χ0) is 22.0. The molecule has 2 saturated carbocycles. The Morgan fingerprint density at radius 1 is 1.23 bits per heavy atom. The van der Waals surface area contributed by atoms with Gasteiger partial charge in [0.25, 0.3) is 0 Å². The van der Waals surface area contributed by atoms with Crippen molar-refractivity contribution >= 4 is 11.8 Å². The van der Waals surface area contributed by atoms with Gasteiger partial charge in [-0.05, 0) is 49.3 Å². The van der Waals surface area contributed by atoms with Crippen LogP contribution in [-0.4, -0.2) is 46.0 Å². The lowest BCUT2D eigenvalue weighted by Crippen LogP contribution is -2.41. The third-order valence-electron chi connectivity index (χ3n) is 7.62. The van der Waals surface area contributed by atoms with Gasteiger partial charge in [-0.2, -0.15) is 0 Å². The Kier molecular flexibility index (Phi) is 4.59. The van der Waals surface area contributed by atoms with Gasteiger partial charge < -0.3 is 10.8 Å². The largest absolute Gasteiger partial charge is 0.478 e. The molecule has 1 saturated heterocycles. The van der Waals surface area contributed by atoms with Gasteiger partial charge >= 0.3 is 5.97 Å². The molecule has 0 radical (unpaired) electrons. The summed E-state index contributed by atoms with van der Waals surface area (Å²) in [7, 11) is 0. The van der Waals surface area contributed by atoms with E-state index in [-0.39, 0.29) is 35.7 Å². The molecule has 3 aliphatic rings. The summed E-state index contributed by atoms with van der Waals surface area (Å²) in [5.41, 5.74) is 9.55. The standard InChI is InChI=1S/C24H27F2N3O2/c1-14-19(10-20(22(30)31)21(27)28-14)15-2-4-16(5-3-15)23-11-17(23)12-29(13-23)18-6-8-24(25,26)9-7-18/h2-5,10,17-18H,6-9,11-13H2,1H3,(H2,27,28)(H,30,31)/t17-,23+/m1/s1. The number of nitrogens with zero attached hydrogens (tertiary/aromatic N) is 2. The molecular weight excluding hydrogens is 400 g/mol. The van der Waals surface area contributed by atoms with E-state index in [9.17, 15) is 18.7 Å². The van der Waals surface area contributed by atoms with Crippen LogP contribution in [-0.2, 0) is 5.41 Å². The quantitative estimate of drug-likeness (QED) is 0.752. The molecule has 3 fully saturated rings. The van der Waals surface area contributed by atoms with Gasteiger partial charge in [0.2, 0.25) is 5.92 Å². The normalized spacial score (nSPS) is 27.8. The fourth-order valence-corrected chi connectivity index (χ4v) is 5.71. The molecule has 31 heavy (non-hydrogen) atoms. The Labute approximate surface area is 180 Å². The highest BCUT2D eigenvalue weighted by molar-refractivity contribution is 5.94. The number of likely N-dealkylation sites (tertiary alicyclic amines) is 1. The number of hydrogen-bond donors (Lipinski definition) is 2. The number of anilines is 1. The highest BCUT2D eigenvalue weighted by atomic mass is 19.3. The summed E-state index contributed by atoms with van der Waals surface area (Å²) < 4.78 is 27.1. The average Bonchev–Trinajstić information content (AvgIpc) is 3.29. The van der Waals surface area contributed by atoms with Crippen LogP contribution in [0.5, 0.6) is 0 Å². The Hall–Kier alpha value is -2.54. The summed E-state index contributed by atoms with van der Waals surface area (Å²) in [6.45, 7) is 3.77. The predicted octanol–water partition coefficient (Wildman–Crippen LogP) is 4.49. The Balaban J connectivity index is 1.34. The van der Waals surface area contributed by atoms with Gasteiger partial charge in [-0.15, -0.1) is 0 Å². The lowest BCUT2D eigenvalue weighted by molar-refractivity contribution is -0.0526. The highest BCUT2D eigenvalue weighted by Crippen LogP contribution is 2.60. The topological polar surface area (TPSA) is 79.4 Å². The Morgan fingerprint density at radius 2 is 1.90 bits per heavy atom. The number of nitrogen functional groups attached to an aromatic ring is 1. The number of nitrogens with two attached hydrogens (primary N) is 1. The molecule has 2 heterocycles. The molecule has 164 valence electrons. The first-order valence-corrected chi connectivity index (χ1v) is 10.9. The molecule has 2 aliphatic carbocycles. The van der Waals surface area contributed by atoms with Crippen LogP contribution in [0.25, 0.3) is 11.1 Å². The molecule has 0 unspecified atom stereocenters. The molecule has 0 spiro atoms. The number of piperidine rings is 1. The van der Waals surface area contributed by atoms with Crippen molar-refractivity contribution in [1.82, 2.24) is 9.88 Å². The van der Waals surface area contributed by atoms with E-state index < -0.39 is 11.9 Å². The van der Waals surface area contributed by atoms with Gasteiger partial charge in [0.1, 0.15) is 11.4 Å². The van der Waals surface area contributed by atoms with E-state index >= 15 is 0 Å². The molecule has 1 aliphatic heterocycles. The maximum Gasteiger partial charge on any atom is 0.339 e. The third-order valence-corrected chi connectivity index (χ3v) is 7.62. The number of rotatable bonds is 4. The minimum atomic E-state index is -2.48. The summed E-state index contributed by atoms with van der Waals surface area (Å²) in [5, 5.41) is 9.35. The Morgan fingerprint density at radius 3 is 2.55 bits per heavy atom. The van der Waals surface area contributed by atoms with Crippen molar-refractivity contribution in [3.05, 3.63) is 47.2 Å². The van der Waals surface area contributed by atoms with Gasteiger partial charge in [0.05, 0.1) is 0 Å². The van der Waals surface area contributed by atoms with Crippen molar-refractivity contribution in [2.24, 2.45) is 5.92 Å². The second-order valence-electron chi connectivity index (χ2n) is 9.51. The van der Waals surface area contributed by atoms with E-state index in [4.69, 9.17) is 5.73 Å². The Bertz CT molecular complexity index is 1030. The monoisotopic (exact) mass is 427 g/mol. The summed E-state index contributed by atoms with van der Waals surface area (Å²) in [4.78, 5) is 18.1. The molecule has 2 atom stereocenters. The molecule has 1 aromatic heterocycles. The second-order valence-corrected chi connectivity index (χ2v) is 9.51. The fraction of sp³-hybridized carbons (Fsp3) is 0.500. The number of alkyl halides is 2. The number of halogens is 2. The van der Waals surface area contributed by atoms with Gasteiger partial charge in [-0.1, -0.05) is 24.3 Å². The first kappa shape index (κ1) is 20.4. The van der Waals surface area contributed by atoms with Gasteiger partial charge in [0, 0.05) is 48.6 Å². The van der Waals surface area contributed by atoms with Crippen LogP contribution in [0.15, 0.2) is 30.3 Å². The number of carbonyl (C=O) groups is 1. The number of aromatic carboxylic acids is 1. The summed E-state index contributed by atoms with van der Waals surface area (Å²) in [5.74, 6) is -2.95. The molecule has 5 nitrogen and oxygen atoms in total. The van der Waals surface area contributed by atoms with Crippen LogP contribution in [0.2, 0.25) is 0 Å². The van der Waals surface area contributed by atoms with Crippen LogP contribution in [0.4, 0.5) is 14.6 Å². The van der Waals surface area contributed by atoms with Crippen molar-refractivity contribution in [3.63, 3.8) is 0 Å². The van der Waals surface area contributed by atoms with E-state index in [1.54, 1.807) is 6.07 Å². The number of hydrogen-bond acceptors (Lipinski definition) is 4. The van der Waals surface area contributed by atoms with Crippen molar-refractivity contribution in [2.75, 3.05) is 18.8 Å². The molecule has 2 aromatic rings. The zero-order valence-corrected chi connectivity index (χ0v) is 17.6. The van der Waals surface area contributed by atoms with Crippen molar-refractivity contribution in [2.45, 2.75) is 56.4 Å². The smallest absolute Gasteiger partial charge is 0.339 e. The minimum Gasteiger partial charge on any atom is -0.478 e. The number of aryl methyl sites for hydroxylation is 1.